The van der Waals surface area contributed by atoms with E-state index in [4.69, 9.17) is 9.47 Å². The summed E-state index contributed by atoms with van der Waals surface area (Å²) < 4.78 is 12.9. The number of piperidine rings is 3. The molecule has 6 aliphatic rings. The van der Waals surface area contributed by atoms with Gasteiger partial charge in [0.05, 0.1) is 25.4 Å². The van der Waals surface area contributed by atoms with E-state index in [1.165, 1.54) is 11.3 Å². The van der Waals surface area contributed by atoms with Crippen LogP contribution in [0.1, 0.15) is 66.4 Å². The van der Waals surface area contributed by atoms with E-state index < -0.39 is 6.04 Å². The lowest BCUT2D eigenvalue weighted by Crippen LogP contribution is -2.52. The first kappa shape index (κ1) is 27.1. The van der Waals surface area contributed by atoms with Gasteiger partial charge in [0.1, 0.15) is 11.8 Å². The van der Waals surface area contributed by atoms with Crippen LogP contribution in [-0.2, 0) is 26.3 Å². The first-order valence-corrected chi connectivity index (χ1v) is 16.0. The van der Waals surface area contributed by atoms with E-state index >= 15 is 0 Å². The number of hydrogen-bond acceptors (Lipinski definition) is 7. The van der Waals surface area contributed by atoms with Gasteiger partial charge in [-0.15, -0.1) is 0 Å². The number of para-hydroxylation sites is 1. The van der Waals surface area contributed by atoms with Gasteiger partial charge in [-0.1, -0.05) is 24.3 Å². The Kier molecular flexibility index (Phi) is 6.53. The molecule has 2 unspecified atom stereocenters. The highest BCUT2D eigenvalue weighted by molar-refractivity contribution is 6.05. The zero-order valence-corrected chi connectivity index (χ0v) is 24.7. The number of fused-ring (bicyclic) bond motifs is 4. The summed E-state index contributed by atoms with van der Waals surface area (Å²) >= 11 is 0. The van der Waals surface area contributed by atoms with Crippen molar-refractivity contribution in [2.75, 3.05) is 50.8 Å². The lowest BCUT2D eigenvalue weighted by Gasteiger charge is -2.40. The number of nitrogens with zero attached hydrogens (tertiary/aromatic N) is 3. The molecule has 0 aromatic heterocycles. The van der Waals surface area contributed by atoms with Gasteiger partial charge < -0.3 is 24.2 Å². The van der Waals surface area contributed by atoms with Gasteiger partial charge in [0, 0.05) is 53.8 Å². The smallest absolute Gasteiger partial charge is 0.255 e. The Labute approximate surface area is 252 Å². The third-order valence-electron chi connectivity index (χ3n) is 11.1. The normalized spacial score (nSPS) is 27.9. The van der Waals surface area contributed by atoms with E-state index in [0.717, 1.165) is 82.7 Å². The topological polar surface area (TPSA) is 91.4 Å². The summed E-state index contributed by atoms with van der Waals surface area (Å²) in [4.78, 5) is 44.1. The van der Waals surface area contributed by atoms with Gasteiger partial charge in [0.15, 0.2) is 0 Å². The predicted molar refractivity (Wildman–Crippen MR) is 160 cm³/mol. The minimum Gasteiger partial charge on any atom is -0.492 e. The second-order valence-electron chi connectivity index (χ2n) is 13.6. The lowest BCUT2D eigenvalue weighted by atomic mass is 9.73. The highest BCUT2D eigenvalue weighted by atomic mass is 16.5. The maximum Gasteiger partial charge on any atom is 0.255 e. The molecule has 0 saturated carbocycles. The average molecular weight is 585 g/mol. The molecule has 1 N–H and O–H groups in total. The van der Waals surface area contributed by atoms with Gasteiger partial charge in [0.25, 0.3) is 5.91 Å². The molecule has 0 radical (unpaired) electrons. The van der Waals surface area contributed by atoms with Crippen molar-refractivity contribution in [3.05, 3.63) is 59.2 Å². The van der Waals surface area contributed by atoms with Crippen molar-refractivity contribution >= 4 is 23.4 Å². The molecule has 226 valence electrons. The van der Waals surface area contributed by atoms with E-state index in [9.17, 15) is 14.4 Å². The molecule has 9 nitrogen and oxygen atoms in total. The molecule has 2 spiro atoms. The van der Waals surface area contributed by atoms with Crippen molar-refractivity contribution in [3.63, 3.8) is 0 Å². The van der Waals surface area contributed by atoms with Crippen LogP contribution < -0.4 is 15.0 Å². The number of imide groups is 1. The van der Waals surface area contributed by atoms with Crippen LogP contribution in [0, 0.1) is 5.92 Å². The minimum absolute atomic E-state index is 0.0242. The molecule has 4 saturated heterocycles. The summed E-state index contributed by atoms with van der Waals surface area (Å²) in [5, 5.41) is 2.39. The first-order valence-electron chi connectivity index (χ1n) is 16.0. The van der Waals surface area contributed by atoms with Crippen molar-refractivity contribution in [1.29, 1.82) is 0 Å². The Balaban J connectivity index is 0.882. The standard InChI is InChI=1S/C34H40N4O5/c39-29-9-8-28(31(40)35-29)38-20-26-25(32(38)41)6-7-27-30(26)42-22-33(27)10-14-36(15-11-33)19-23-18-34(43-21-23)12-16-37(17-13-34)24-4-2-1-3-5-24/h1-7,23,28H,8-22H2,(H,35,39,40). The number of amides is 3. The number of likely N-dealkylation sites (tertiary alicyclic amines) is 1. The first-order chi connectivity index (χ1) is 20.9. The number of hydrogen-bond donors (Lipinski definition) is 1. The number of benzene rings is 2. The number of carbonyl (C=O) groups excluding carboxylic acids is 3. The molecule has 2 atom stereocenters. The largest absolute Gasteiger partial charge is 0.492 e. The zero-order valence-electron chi connectivity index (χ0n) is 24.7. The number of anilines is 1. The molecule has 0 bridgehead atoms. The molecule has 6 heterocycles. The van der Waals surface area contributed by atoms with E-state index in [2.05, 4.69) is 51.5 Å². The Morgan fingerprint density at radius 1 is 0.930 bits per heavy atom. The summed E-state index contributed by atoms with van der Waals surface area (Å²) in [5.41, 5.74) is 4.09. The van der Waals surface area contributed by atoms with Gasteiger partial charge in [-0.25, -0.2) is 0 Å². The molecule has 2 aromatic carbocycles. The van der Waals surface area contributed by atoms with Gasteiger partial charge in [0.2, 0.25) is 11.8 Å². The Morgan fingerprint density at radius 2 is 1.72 bits per heavy atom. The number of ether oxygens (including phenoxy) is 2. The summed E-state index contributed by atoms with van der Waals surface area (Å²) in [7, 11) is 0. The monoisotopic (exact) mass is 584 g/mol. The number of carbonyl (C=O) groups is 3. The molecule has 0 aliphatic carbocycles. The average Bonchev–Trinajstić information content (AvgIpc) is 3.69. The van der Waals surface area contributed by atoms with E-state index in [-0.39, 0.29) is 35.2 Å². The van der Waals surface area contributed by atoms with Crippen LogP contribution in [0.5, 0.6) is 5.75 Å². The third kappa shape index (κ3) is 4.63. The van der Waals surface area contributed by atoms with Crippen molar-refractivity contribution in [2.24, 2.45) is 5.92 Å². The van der Waals surface area contributed by atoms with Crippen molar-refractivity contribution < 1.29 is 23.9 Å². The third-order valence-corrected chi connectivity index (χ3v) is 11.1. The van der Waals surface area contributed by atoms with Crippen LogP contribution in [0.2, 0.25) is 0 Å². The van der Waals surface area contributed by atoms with Crippen LogP contribution in [0.15, 0.2) is 42.5 Å². The van der Waals surface area contributed by atoms with E-state index in [1.807, 2.05) is 6.07 Å². The lowest BCUT2D eigenvalue weighted by molar-refractivity contribution is -0.136. The molecule has 4 fully saturated rings. The fourth-order valence-corrected chi connectivity index (χ4v) is 8.64. The van der Waals surface area contributed by atoms with Crippen LogP contribution in [0.25, 0.3) is 0 Å². The summed E-state index contributed by atoms with van der Waals surface area (Å²) in [5.74, 6) is 0.634. The van der Waals surface area contributed by atoms with E-state index in [1.54, 1.807) is 4.90 Å². The second-order valence-corrected chi connectivity index (χ2v) is 13.6. The number of nitrogens with one attached hydrogen (secondary N) is 1. The molecule has 43 heavy (non-hydrogen) atoms. The second kappa shape index (κ2) is 10.3. The van der Waals surface area contributed by atoms with Crippen molar-refractivity contribution in [1.82, 2.24) is 15.1 Å². The molecule has 8 rings (SSSR count). The molecular formula is C34H40N4O5. The fraction of sp³-hybridized carbons (Fsp3) is 0.559. The molecule has 2 aromatic rings. The maximum atomic E-state index is 13.3. The van der Waals surface area contributed by atoms with Gasteiger partial charge in [-0.3, -0.25) is 19.7 Å². The minimum atomic E-state index is -0.609. The van der Waals surface area contributed by atoms with E-state index in [0.29, 0.717) is 31.1 Å². The van der Waals surface area contributed by atoms with Crippen molar-refractivity contribution in [3.8, 4) is 5.75 Å². The van der Waals surface area contributed by atoms with Crippen LogP contribution in [0.3, 0.4) is 0 Å². The van der Waals surface area contributed by atoms with Gasteiger partial charge >= 0.3 is 0 Å². The highest BCUT2D eigenvalue weighted by Crippen LogP contribution is 2.50. The summed E-state index contributed by atoms with van der Waals surface area (Å²) in [6.45, 7) is 7.15. The Morgan fingerprint density at radius 3 is 2.49 bits per heavy atom. The fourth-order valence-electron chi connectivity index (χ4n) is 8.64. The summed E-state index contributed by atoms with van der Waals surface area (Å²) in [6.07, 6.45) is 6.06. The quantitative estimate of drug-likeness (QED) is 0.552. The van der Waals surface area contributed by atoms with Gasteiger partial charge in [-0.05, 0) is 75.7 Å². The molecule has 6 aliphatic heterocycles. The SMILES string of the molecule is O=C1CCC(N2Cc3c(ccc4c3OCC43CCN(CC4COC5(CCN(c6ccccc6)CC5)C4)CC3)C2=O)C(=O)N1. The molecular weight excluding hydrogens is 544 g/mol. The Bertz CT molecular complexity index is 1440. The van der Waals surface area contributed by atoms with Crippen LogP contribution >= 0.6 is 0 Å². The molecule has 9 heteroatoms. The van der Waals surface area contributed by atoms with Gasteiger partial charge in [-0.2, -0.15) is 0 Å². The summed E-state index contributed by atoms with van der Waals surface area (Å²) in [6, 6.07) is 14.1. The molecule has 3 amide bonds. The Hall–Kier alpha value is -3.43. The van der Waals surface area contributed by atoms with Crippen LogP contribution in [0.4, 0.5) is 5.69 Å². The predicted octanol–water partition coefficient (Wildman–Crippen LogP) is 3.25. The maximum absolute atomic E-state index is 13.3. The van der Waals surface area contributed by atoms with Crippen molar-refractivity contribution in [2.45, 2.75) is 68.5 Å². The highest BCUT2D eigenvalue weighted by Gasteiger charge is 2.48. The van der Waals surface area contributed by atoms with Crippen LogP contribution in [-0.4, -0.2) is 85.1 Å². The number of rotatable bonds is 4. The zero-order chi connectivity index (χ0) is 29.2.